The van der Waals surface area contributed by atoms with Crippen LogP contribution in [0, 0.1) is 5.92 Å². The molecule has 1 aliphatic rings. The van der Waals surface area contributed by atoms with Gasteiger partial charge in [0.25, 0.3) is 0 Å². The zero-order valence-corrected chi connectivity index (χ0v) is 11.1. The molecule has 0 aliphatic heterocycles. The summed E-state index contributed by atoms with van der Waals surface area (Å²) in [6.07, 6.45) is 7.69. The zero-order chi connectivity index (χ0) is 8.48. The number of rotatable bonds is 1. The molecule has 0 radical (unpaired) electrons. The molecule has 0 fully saturated rings. The number of allylic oxidation sites excluding steroid dienone is 2. The third kappa shape index (κ3) is 2.81. The summed E-state index contributed by atoms with van der Waals surface area (Å²) in [5, 5.41) is 0. The van der Waals surface area contributed by atoms with E-state index in [-0.39, 0.29) is 0 Å². The number of hydrogen-bond donors (Lipinski definition) is 0. The quantitative estimate of drug-likeness (QED) is 0.497. The molecular weight excluding hydrogens is 239 g/mol. The Morgan fingerprint density at radius 3 is 2.27 bits per heavy atom. The molecule has 0 aromatic heterocycles. The second-order valence-corrected chi connectivity index (χ2v) is 20.6. The van der Waals surface area contributed by atoms with Gasteiger partial charge in [-0.15, -0.1) is 0 Å². The van der Waals surface area contributed by atoms with Crippen molar-refractivity contribution in [2.24, 2.45) is 5.92 Å². The van der Waals surface area contributed by atoms with Gasteiger partial charge < -0.3 is 0 Å². The van der Waals surface area contributed by atoms with E-state index in [2.05, 4.69) is 33.9 Å². The van der Waals surface area contributed by atoms with E-state index in [4.69, 9.17) is 0 Å². The Balaban J connectivity index is 2.60. The molecule has 0 unspecified atom stereocenters. The SMILES string of the molecule is C[C@@H]1CC=C[C@H]([Sn]([CH3])([CH3])[CH3])C1. The Labute approximate surface area is 74.9 Å². The topological polar surface area (TPSA) is 0 Å². The van der Waals surface area contributed by atoms with Gasteiger partial charge in [-0.2, -0.15) is 0 Å². The molecule has 0 spiro atoms. The molecule has 1 rings (SSSR count). The van der Waals surface area contributed by atoms with Gasteiger partial charge in [-0.05, 0) is 0 Å². The summed E-state index contributed by atoms with van der Waals surface area (Å²) in [7, 11) is 0. The van der Waals surface area contributed by atoms with Crippen molar-refractivity contribution in [1.82, 2.24) is 0 Å². The Hall–Kier alpha value is 0.539. The predicted octanol–water partition coefficient (Wildman–Crippen LogP) is 3.68. The van der Waals surface area contributed by atoms with Crippen molar-refractivity contribution >= 4 is 18.4 Å². The van der Waals surface area contributed by atoms with Gasteiger partial charge in [-0.1, -0.05) is 0 Å². The van der Waals surface area contributed by atoms with Gasteiger partial charge in [0.2, 0.25) is 0 Å². The number of hydrogen-bond acceptors (Lipinski definition) is 0. The van der Waals surface area contributed by atoms with E-state index in [0.717, 1.165) is 9.85 Å². The first-order valence-electron chi connectivity index (χ1n) is 4.67. The fraction of sp³-hybridized carbons (Fsp3) is 0.800. The van der Waals surface area contributed by atoms with Crippen LogP contribution in [0.1, 0.15) is 19.8 Å². The van der Waals surface area contributed by atoms with E-state index in [1.807, 2.05) is 0 Å². The van der Waals surface area contributed by atoms with Crippen molar-refractivity contribution in [2.75, 3.05) is 0 Å². The summed E-state index contributed by atoms with van der Waals surface area (Å²) in [6.45, 7) is 2.38. The van der Waals surface area contributed by atoms with Gasteiger partial charge >= 0.3 is 75.0 Å². The monoisotopic (exact) mass is 260 g/mol. The fourth-order valence-electron chi connectivity index (χ4n) is 1.73. The standard InChI is InChI=1S/C7H11.3CH3.Sn/c1-7-5-3-2-4-6-7;;;;/h2-4,7H,5-6H2,1H3;3*1H3;. The molecule has 0 amide bonds. The van der Waals surface area contributed by atoms with Crippen LogP contribution in [0.25, 0.3) is 0 Å². The second kappa shape index (κ2) is 3.51. The van der Waals surface area contributed by atoms with Crippen LogP contribution in [0.2, 0.25) is 18.8 Å². The minimum atomic E-state index is -1.58. The van der Waals surface area contributed by atoms with Crippen LogP contribution in [0.3, 0.4) is 0 Å². The average molecular weight is 259 g/mol. The van der Waals surface area contributed by atoms with Gasteiger partial charge in [0, 0.05) is 0 Å². The van der Waals surface area contributed by atoms with Crippen LogP contribution in [-0.2, 0) is 0 Å². The van der Waals surface area contributed by atoms with Crippen molar-refractivity contribution in [3.63, 3.8) is 0 Å². The summed E-state index contributed by atoms with van der Waals surface area (Å²) in [5.74, 6) is 0.945. The minimum absolute atomic E-state index is 0.945. The van der Waals surface area contributed by atoms with Crippen molar-refractivity contribution in [3.8, 4) is 0 Å². The molecule has 0 aromatic carbocycles. The van der Waals surface area contributed by atoms with E-state index < -0.39 is 18.4 Å². The molecule has 64 valence electrons. The van der Waals surface area contributed by atoms with E-state index in [0.29, 0.717) is 0 Å². The van der Waals surface area contributed by atoms with Crippen molar-refractivity contribution in [2.45, 2.75) is 38.5 Å². The summed E-state index contributed by atoms with van der Waals surface area (Å²) in [5.41, 5.74) is 0. The van der Waals surface area contributed by atoms with Gasteiger partial charge in [0.05, 0.1) is 0 Å². The molecule has 0 nitrogen and oxygen atoms in total. The molecule has 0 bridgehead atoms. The van der Waals surface area contributed by atoms with E-state index in [1.165, 1.54) is 12.8 Å². The van der Waals surface area contributed by atoms with Crippen LogP contribution in [-0.4, -0.2) is 18.4 Å². The van der Waals surface area contributed by atoms with Gasteiger partial charge in [-0.25, -0.2) is 0 Å². The molecule has 0 heterocycles. The first-order chi connectivity index (χ1) is 5.00. The van der Waals surface area contributed by atoms with Gasteiger partial charge in [-0.3, -0.25) is 0 Å². The molecule has 0 saturated heterocycles. The van der Waals surface area contributed by atoms with E-state index in [9.17, 15) is 0 Å². The molecule has 2 atom stereocenters. The first kappa shape index (κ1) is 9.63. The van der Waals surface area contributed by atoms with Crippen LogP contribution in [0.4, 0.5) is 0 Å². The van der Waals surface area contributed by atoms with E-state index >= 15 is 0 Å². The molecule has 1 heteroatoms. The maximum absolute atomic E-state index is 2.54. The van der Waals surface area contributed by atoms with Crippen LogP contribution >= 0.6 is 0 Å². The maximum atomic E-state index is 2.54. The van der Waals surface area contributed by atoms with E-state index in [1.54, 1.807) is 0 Å². The Morgan fingerprint density at radius 1 is 1.27 bits per heavy atom. The van der Waals surface area contributed by atoms with Crippen molar-refractivity contribution in [1.29, 1.82) is 0 Å². The van der Waals surface area contributed by atoms with Gasteiger partial charge in [0.1, 0.15) is 0 Å². The molecule has 1 aliphatic carbocycles. The molecular formula is C10H20Sn. The van der Waals surface area contributed by atoms with Gasteiger partial charge in [0.15, 0.2) is 0 Å². The predicted molar refractivity (Wildman–Crippen MR) is 54.6 cm³/mol. The average Bonchev–Trinajstić information content (AvgIpc) is 1.86. The molecule has 0 saturated carbocycles. The van der Waals surface area contributed by atoms with Crippen LogP contribution in [0.5, 0.6) is 0 Å². The Kier molecular flexibility index (Phi) is 3.07. The molecule has 11 heavy (non-hydrogen) atoms. The molecule has 0 aromatic rings. The third-order valence-corrected chi connectivity index (χ3v) is 10.2. The van der Waals surface area contributed by atoms with Crippen molar-refractivity contribution in [3.05, 3.63) is 12.2 Å². The second-order valence-electron chi connectivity index (χ2n) is 4.98. The fourth-order valence-corrected chi connectivity index (χ4v) is 6.93. The van der Waals surface area contributed by atoms with Crippen molar-refractivity contribution < 1.29 is 0 Å². The Bertz CT molecular complexity index is 153. The zero-order valence-electron chi connectivity index (χ0n) is 8.22. The Morgan fingerprint density at radius 2 is 1.91 bits per heavy atom. The molecule has 0 N–H and O–H groups in total. The summed E-state index contributed by atoms with van der Waals surface area (Å²) >= 11 is -1.58. The summed E-state index contributed by atoms with van der Waals surface area (Å²) in [6, 6.07) is 0. The third-order valence-electron chi connectivity index (χ3n) is 2.68. The first-order valence-corrected chi connectivity index (χ1v) is 14.9. The summed E-state index contributed by atoms with van der Waals surface area (Å²) in [4.78, 5) is 7.63. The van der Waals surface area contributed by atoms with Crippen LogP contribution in [0.15, 0.2) is 12.2 Å². The normalized spacial score (nSPS) is 32.4. The summed E-state index contributed by atoms with van der Waals surface area (Å²) < 4.78 is 1.01. The van der Waals surface area contributed by atoms with Crippen LogP contribution < -0.4 is 0 Å².